The van der Waals surface area contributed by atoms with Crippen LogP contribution < -0.4 is 10.6 Å². The molecule has 1 saturated heterocycles. The minimum atomic E-state index is 0.0754. The average molecular weight is 379 g/mol. The van der Waals surface area contributed by atoms with Gasteiger partial charge in [-0.2, -0.15) is 0 Å². The first-order valence-corrected chi connectivity index (χ1v) is 7.51. The van der Waals surface area contributed by atoms with Crippen LogP contribution in [0.15, 0.2) is 18.2 Å². The monoisotopic (exact) mass is 378 g/mol. The summed E-state index contributed by atoms with van der Waals surface area (Å²) in [5, 5.41) is 6.86. The Hall–Kier alpha value is -0.330. The maximum atomic E-state index is 12.2. The van der Waals surface area contributed by atoms with Crippen LogP contribution in [0.1, 0.15) is 19.8 Å². The summed E-state index contributed by atoms with van der Waals surface area (Å²) < 4.78 is 1.06. The Morgan fingerprint density at radius 2 is 2.33 bits per heavy atom. The van der Waals surface area contributed by atoms with E-state index in [2.05, 4.69) is 40.1 Å². The van der Waals surface area contributed by atoms with Gasteiger partial charge in [-0.05, 0) is 67.1 Å². The lowest BCUT2D eigenvalue weighted by atomic mass is 9.92. The highest BCUT2D eigenvalue weighted by Gasteiger charge is 2.24. The molecule has 5 heteroatoms. The fourth-order valence-corrected chi connectivity index (χ4v) is 3.10. The van der Waals surface area contributed by atoms with Crippen LogP contribution in [0, 0.1) is 9.49 Å². The van der Waals surface area contributed by atoms with Crippen LogP contribution in [-0.2, 0) is 4.79 Å². The van der Waals surface area contributed by atoms with Gasteiger partial charge < -0.3 is 10.6 Å². The number of carbonyl (C=O) groups is 1. The van der Waals surface area contributed by atoms with Crippen molar-refractivity contribution < 1.29 is 4.79 Å². The summed E-state index contributed by atoms with van der Waals surface area (Å²) in [4.78, 5) is 12.2. The normalized spacial score (nSPS) is 23.7. The van der Waals surface area contributed by atoms with E-state index in [1.807, 2.05) is 18.2 Å². The molecule has 2 unspecified atom stereocenters. The van der Waals surface area contributed by atoms with Crippen molar-refractivity contribution >= 4 is 45.8 Å². The van der Waals surface area contributed by atoms with Gasteiger partial charge in [-0.3, -0.25) is 4.79 Å². The van der Waals surface area contributed by atoms with Gasteiger partial charge >= 0.3 is 0 Å². The quantitative estimate of drug-likeness (QED) is 0.776. The van der Waals surface area contributed by atoms with Crippen molar-refractivity contribution in [3.63, 3.8) is 0 Å². The van der Waals surface area contributed by atoms with Gasteiger partial charge in [0.2, 0.25) is 5.91 Å². The van der Waals surface area contributed by atoms with Crippen LogP contribution in [0.25, 0.3) is 0 Å². The molecule has 0 aliphatic carbocycles. The summed E-state index contributed by atoms with van der Waals surface area (Å²) >= 11 is 8.31. The highest BCUT2D eigenvalue weighted by molar-refractivity contribution is 14.1. The lowest BCUT2D eigenvalue weighted by Gasteiger charge is -2.27. The van der Waals surface area contributed by atoms with E-state index >= 15 is 0 Å². The molecule has 1 amide bonds. The van der Waals surface area contributed by atoms with Crippen LogP contribution in [0.5, 0.6) is 0 Å². The standard InChI is InChI=1S/C13H16ClIN2O/c1-8-6-9(4-5-16-8)13(18)17-12-3-2-10(15)7-11(12)14/h2-3,7-9,16H,4-6H2,1H3,(H,17,18). The van der Waals surface area contributed by atoms with Gasteiger partial charge in [0, 0.05) is 15.5 Å². The van der Waals surface area contributed by atoms with Gasteiger partial charge in [-0.1, -0.05) is 11.6 Å². The number of hydrogen-bond acceptors (Lipinski definition) is 2. The van der Waals surface area contributed by atoms with E-state index < -0.39 is 0 Å². The Balaban J connectivity index is 2.02. The number of piperidine rings is 1. The first kappa shape index (κ1) is 14.1. The van der Waals surface area contributed by atoms with Crippen LogP contribution >= 0.6 is 34.2 Å². The Bertz CT molecular complexity index is 453. The van der Waals surface area contributed by atoms with Crippen LogP contribution in [-0.4, -0.2) is 18.5 Å². The minimum Gasteiger partial charge on any atom is -0.325 e. The molecule has 1 aromatic rings. The Morgan fingerprint density at radius 1 is 1.56 bits per heavy atom. The Morgan fingerprint density at radius 3 is 3.00 bits per heavy atom. The summed E-state index contributed by atoms with van der Waals surface area (Å²) in [7, 11) is 0. The van der Waals surface area contributed by atoms with E-state index in [-0.39, 0.29) is 11.8 Å². The molecule has 0 bridgehead atoms. The summed E-state index contributed by atoms with van der Waals surface area (Å²) in [6, 6.07) is 6.05. The summed E-state index contributed by atoms with van der Waals surface area (Å²) in [6.07, 6.45) is 1.77. The van der Waals surface area contributed by atoms with Crippen molar-refractivity contribution in [1.82, 2.24) is 5.32 Å². The first-order valence-electron chi connectivity index (χ1n) is 6.05. The first-order chi connectivity index (χ1) is 8.56. The number of anilines is 1. The summed E-state index contributed by atoms with van der Waals surface area (Å²) in [6.45, 7) is 3.01. The molecule has 0 spiro atoms. The number of amides is 1. The lowest BCUT2D eigenvalue weighted by molar-refractivity contribution is -0.120. The molecule has 0 aromatic heterocycles. The van der Waals surface area contributed by atoms with E-state index in [9.17, 15) is 4.79 Å². The molecule has 98 valence electrons. The van der Waals surface area contributed by atoms with Gasteiger partial charge in [0.15, 0.2) is 0 Å². The van der Waals surface area contributed by atoms with E-state index in [0.717, 1.165) is 23.0 Å². The summed E-state index contributed by atoms with van der Waals surface area (Å²) in [5.74, 6) is 0.156. The molecule has 1 aromatic carbocycles. The Kier molecular flexibility index (Phi) is 4.86. The highest BCUT2D eigenvalue weighted by atomic mass is 127. The third kappa shape index (κ3) is 3.59. The van der Waals surface area contributed by atoms with Gasteiger partial charge in [-0.25, -0.2) is 0 Å². The molecular formula is C13H16ClIN2O. The van der Waals surface area contributed by atoms with E-state index in [1.54, 1.807) is 0 Å². The molecule has 18 heavy (non-hydrogen) atoms. The molecule has 1 fully saturated rings. The predicted molar refractivity (Wildman–Crippen MR) is 83.0 cm³/mol. The molecule has 2 N–H and O–H groups in total. The second-order valence-corrected chi connectivity index (χ2v) is 6.34. The van der Waals surface area contributed by atoms with E-state index in [4.69, 9.17) is 11.6 Å². The second-order valence-electron chi connectivity index (χ2n) is 4.69. The fourth-order valence-electron chi connectivity index (χ4n) is 2.20. The minimum absolute atomic E-state index is 0.0754. The molecule has 0 saturated carbocycles. The zero-order chi connectivity index (χ0) is 13.1. The number of halogens is 2. The topological polar surface area (TPSA) is 41.1 Å². The zero-order valence-electron chi connectivity index (χ0n) is 10.2. The van der Waals surface area contributed by atoms with E-state index in [1.165, 1.54) is 0 Å². The smallest absolute Gasteiger partial charge is 0.227 e. The molecule has 1 heterocycles. The average Bonchev–Trinajstić information content (AvgIpc) is 2.32. The summed E-state index contributed by atoms with van der Waals surface area (Å²) in [5.41, 5.74) is 0.702. The van der Waals surface area contributed by atoms with Crippen molar-refractivity contribution in [1.29, 1.82) is 0 Å². The highest BCUT2D eigenvalue weighted by Crippen LogP contribution is 2.25. The fraction of sp³-hybridized carbons (Fsp3) is 0.462. The van der Waals surface area contributed by atoms with Crippen molar-refractivity contribution in [3.05, 3.63) is 26.8 Å². The molecule has 0 radical (unpaired) electrons. The van der Waals surface area contributed by atoms with Crippen LogP contribution in [0.4, 0.5) is 5.69 Å². The van der Waals surface area contributed by atoms with Gasteiger partial charge in [0.05, 0.1) is 10.7 Å². The molecule has 1 aliphatic rings. The predicted octanol–water partition coefficient (Wildman–Crippen LogP) is 3.27. The van der Waals surface area contributed by atoms with Gasteiger partial charge in [-0.15, -0.1) is 0 Å². The molecule has 2 atom stereocenters. The number of hydrogen-bond donors (Lipinski definition) is 2. The maximum Gasteiger partial charge on any atom is 0.227 e. The van der Waals surface area contributed by atoms with Crippen molar-refractivity contribution in [2.24, 2.45) is 5.92 Å². The molecular weight excluding hydrogens is 363 g/mol. The van der Waals surface area contributed by atoms with Crippen molar-refractivity contribution in [3.8, 4) is 0 Å². The third-order valence-corrected chi connectivity index (χ3v) is 4.17. The van der Waals surface area contributed by atoms with Gasteiger partial charge in [0.1, 0.15) is 0 Å². The SMILES string of the molecule is CC1CC(C(=O)Nc2ccc(I)cc2Cl)CCN1. The second kappa shape index (κ2) is 6.21. The number of carbonyl (C=O) groups excluding carboxylic acids is 1. The molecule has 2 rings (SSSR count). The number of benzene rings is 1. The zero-order valence-corrected chi connectivity index (χ0v) is 13.1. The largest absolute Gasteiger partial charge is 0.325 e. The van der Waals surface area contributed by atoms with Crippen molar-refractivity contribution in [2.45, 2.75) is 25.8 Å². The van der Waals surface area contributed by atoms with Crippen LogP contribution in [0.2, 0.25) is 5.02 Å². The molecule has 3 nitrogen and oxygen atoms in total. The van der Waals surface area contributed by atoms with Crippen molar-refractivity contribution in [2.75, 3.05) is 11.9 Å². The van der Waals surface area contributed by atoms with Gasteiger partial charge in [0.25, 0.3) is 0 Å². The maximum absolute atomic E-state index is 12.2. The molecule has 1 aliphatic heterocycles. The van der Waals surface area contributed by atoms with E-state index in [0.29, 0.717) is 16.8 Å². The lowest BCUT2D eigenvalue weighted by Crippen LogP contribution is -2.40. The number of rotatable bonds is 2. The Labute approximate surface area is 126 Å². The van der Waals surface area contributed by atoms with Crippen LogP contribution in [0.3, 0.4) is 0 Å². The third-order valence-electron chi connectivity index (χ3n) is 3.18. The number of nitrogens with one attached hydrogen (secondary N) is 2.